The molecule has 144 valence electrons. The molecule has 0 bridgehead atoms. The SMILES string of the molecule is CC1=CNC=C(NC(=C2CC2)N(C2CCSCC2)C2CCC(C)CC2)S1. The van der Waals surface area contributed by atoms with Gasteiger partial charge in [-0.05, 0) is 81.3 Å². The molecule has 3 fully saturated rings. The van der Waals surface area contributed by atoms with E-state index in [0.29, 0.717) is 0 Å². The Balaban J connectivity index is 1.56. The van der Waals surface area contributed by atoms with Crippen LogP contribution in [0.3, 0.4) is 0 Å². The second kappa shape index (κ2) is 8.55. The summed E-state index contributed by atoms with van der Waals surface area (Å²) in [6, 6.07) is 1.46. The average molecular weight is 392 g/mol. The van der Waals surface area contributed by atoms with Crippen molar-refractivity contribution in [1.82, 2.24) is 15.5 Å². The van der Waals surface area contributed by atoms with Crippen LogP contribution in [0.25, 0.3) is 0 Å². The Labute approximate surface area is 167 Å². The summed E-state index contributed by atoms with van der Waals surface area (Å²) in [6.45, 7) is 4.61. The number of allylic oxidation sites excluding steroid dienone is 2. The van der Waals surface area contributed by atoms with Crippen molar-refractivity contribution < 1.29 is 0 Å². The fraction of sp³-hybridized carbons (Fsp3) is 0.714. The van der Waals surface area contributed by atoms with Crippen LogP contribution in [0.4, 0.5) is 0 Å². The summed E-state index contributed by atoms with van der Waals surface area (Å²) in [4.78, 5) is 4.19. The molecule has 4 aliphatic rings. The van der Waals surface area contributed by atoms with Crippen LogP contribution >= 0.6 is 23.5 Å². The Morgan fingerprint density at radius 3 is 2.38 bits per heavy atom. The van der Waals surface area contributed by atoms with Gasteiger partial charge in [-0.3, -0.25) is 0 Å². The zero-order chi connectivity index (χ0) is 17.9. The molecule has 0 unspecified atom stereocenters. The highest BCUT2D eigenvalue weighted by molar-refractivity contribution is 8.06. The quantitative estimate of drug-likeness (QED) is 0.658. The molecule has 2 aliphatic carbocycles. The van der Waals surface area contributed by atoms with E-state index in [1.165, 1.54) is 78.6 Å². The van der Waals surface area contributed by atoms with Crippen molar-refractivity contribution in [3.8, 4) is 0 Å². The standard InChI is InChI=1S/C21H33N3S2/c1-15-3-7-18(8-4-15)24(19-9-11-25-12-10-19)21(17-5-6-17)23-20-14-22-13-16(2)26-20/h13-15,18-19,22-23H,3-12H2,1-2H3. The van der Waals surface area contributed by atoms with Gasteiger partial charge >= 0.3 is 0 Å². The zero-order valence-corrected chi connectivity index (χ0v) is 17.9. The van der Waals surface area contributed by atoms with E-state index in [1.807, 2.05) is 11.8 Å². The molecular weight excluding hydrogens is 358 g/mol. The molecule has 4 rings (SSSR count). The van der Waals surface area contributed by atoms with Crippen molar-refractivity contribution in [2.45, 2.75) is 77.3 Å². The first-order valence-corrected chi connectivity index (χ1v) is 12.3. The van der Waals surface area contributed by atoms with Crippen LogP contribution in [-0.4, -0.2) is 28.5 Å². The van der Waals surface area contributed by atoms with Gasteiger partial charge in [0.1, 0.15) is 5.82 Å². The van der Waals surface area contributed by atoms with E-state index in [4.69, 9.17) is 0 Å². The topological polar surface area (TPSA) is 27.3 Å². The normalized spacial score (nSPS) is 29.4. The number of thioether (sulfide) groups is 2. The third-order valence-electron chi connectivity index (χ3n) is 6.07. The summed E-state index contributed by atoms with van der Waals surface area (Å²) in [5.74, 6) is 5.03. The minimum atomic E-state index is 0.726. The number of nitrogens with zero attached hydrogens (tertiary/aromatic N) is 1. The maximum atomic E-state index is 3.87. The Kier molecular flexibility index (Phi) is 6.14. The summed E-state index contributed by atoms with van der Waals surface area (Å²) in [6.07, 6.45) is 15.0. The van der Waals surface area contributed by atoms with Gasteiger partial charge in [0.25, 0.3) is 0 Å². The number of nitrogens with one attached hydrogen (secondary N) is 2. The molecular formula is C21H33N3S2. The number of hydrogen-bond donors (Lipinski definition) is 2. The maximum Gasteiger partial charge on any atom is 0.106 e. The second-order valence-electron chi connectivity index (χ2n) is 8.27. The van der Waals surface area contributed by atoms with E-state index in [0.717, 1.165) is 18.0 Å². The lowest BCUT2D eigenvalue weighted by Gasteiger charge is -2.45. The largest absolute Gasteiger partial charge is 0.365 e. The Morgan fingerprint density at radius 2 is 1.73 bits per heavy atom. The van der Waals surface area contributed by atoms with Gasteiger partial charge in [0.15, 0.2) is 0 Å². The molecule has 5 heteroatoms. The summed E-state index contributed by atoms with van der Waals surface area (Å²) in [5.41, 5.74) is 1.65. The van der Waals surface area contributed by atoms with Crippen molar-refractivity contribution in [1.29, 1.82) is 0 Å². The highest BCUT2D eigenvalue weighted by Crippen LogP contribution is 2.40. The van der Waals surface area contributed by atoms with Crippen LogP contribution in [0, 0.1) is 5.92 Å². The van der Waals surface area contributed by atoms with E-state index in [1.54, 1.807) is 5.57 Å². The predicted molar refractivity (Wildman–Crippen MR) is 116 cm³/mol. The van der Waals surface area contributed by atoms with Crippen LogP contribution in [0.5, 0.6) is 0 Å². The van der Waals surface area contributed by atoms with Gasteiger partial charge in [-0.2, -0.15) is 11.8 Å². The molecule has 0 amide bonds. The molecule has 3 nitrogen and oxygen atoms in total. The Hall–Kier alpha value is -0.680. The van der Waals surface area contributed by atoms with Gasteiger partial charge in [-0.1, -0.05) is 18.7 Å². The minimum Gasteiger partial charge on any atom is -0.365 e. The average Bonchev–Trinajstić information content (AvgIpc) is 3.49. The molecule has 2 heterocycles. The second-order valence-corrected chi connectivity index (χ2v) is 10.8. The lowest BCUT2D eigenvalue weighted by molar-refractivity contribution is 0.118. The molecule has 2 aliphatic heterocycles. The number of rotatable bonds is 5. The highest BCUT2D eigenvalue weighted by atomic mass is 32.2. The van der Waals surface area contributed by atoms with E-state index in [-0.39, 0.29) is 0 Å². The van der Waals surface area contributed by atoms with Crippen LogP contribution in [-0.2, 0) is 0 Å². The van der Waals surface area contributed by atoms with Gasteiger partial charge in [-0.25, -0.2) is 0 Å². The Bertz CT molecular complexity index is 590. The van der Waals surface area contributed by atoms with Crippen molar-refractivity contribution in [3.05, 3.63) is 33.7 Å². The summed E-state index contributed by atoms with van der Waals surface area (Å²) >= 11 is 3.99. The first kappa shape index (κ1) is 18.7. The van der Waals surface area contributed by atoms with Gasteiger partial charge < -0.3 is 15.5 Å². The fourth-order valence-corrected chi connectivity index (χ4v) is 6.26. The molecule has 1 saturated heterocycles. The molecule has 0 spiro atoms. The van der Waals surface area contributed by atoms with E-state index >= 15 is 0 Å². The third kappa shape index (κ3) is 4.59. The van der Waals surface area contributed by atoms with Gasteiger partial charge in [0, 0.05) is 29.4 Å². The third-order valence-corrected chi connectivity index (χ3v) is 8.00. The van der Waals surface area contributed by atoms with Crippen LogP contribution in [0.1, 0.15) is 65.2 Å². The molecule has 0 aromatic carbocycles. The van der Waals surface area contributed by atoms with E-state index in [2.05, 4.69) is 53.5 Å². The summed E-state index contributed by atoms with van der Waals surface area (Å²) in [7, 11) is 0. The zero-order valence-electron chi connectivity index (χ0n) is 16.2. The summed E-state index contributed by atoms with van der Waals surface area (Å²) < 4.78 is 0. The van der Waals surface area contributed by atoms with Gasteiger partial charge in [0.2, 0.25) is 0 Å². The molecule has 2 saturated carbocycles. The van der Waals surface area contributed by atoms with E-state index < -0.39 is 0 Å². The number of hydrogen-bond acceptors (Lipinski definition) is 5. The molecule has 0 atom stereocenters. The first-order chi connectivity index (χ1) is 12.7. The molecule has 26 heavy (non-hydrogen) atoms. The van der Waals surface area contributed by atoms with Crippen LogP contribution in [0.15, 0.2) is 33.7 Å². The minimum absolute atomic E-state index is 0.726. The van der Waals surface area contributed by atoms with Crippen molar-refractivity contribution >= 4 is 23.5 Å². The molecule has 0 aromatic heterocycles. The van der Waals surface area contributed by atoms with E-state index in [9.17, 15) is 0 Å². The lowest BCUT2D eigenvalue weighted by Crippen LogP contribution is -2.48. The lowest BCUT2D eigenvalue weighted by atomic mass is 9.85. The van der Waals surface area contributed by atoms with Crippen molar-refractivity contribution in [3.63, 3.8) is 0 Å². The Morgan fingerprint density at radius 1 is 1.04 bits per heavy atom. The smallest absolute Gasteiger partial charge is 0.106 e. The fourth-order valence-electron chi connectivity index (χ4n) is 4.43. The first-order valence-electron chi connectivity index (χ1n) is 10.4. The molecule has 0 radical (unpaired) electrons. The van der Waals surface area contributed by atoms with Crippen molar-refractivity contribution in [2.75, 3.05) is 11.5 Å². The monoisotopic (exact) mass is 391 g/mol. The van der Waals surface area contributed by atoms with Crippen molar-refractivity contribution in [2.24, 2.45) is 5.92 Å². The molecule has 0 aromatic rings. The van der Waals surface area contributed by atoms with Gasteiger partial charge in [0.05, 0.1) is 5.03 Å². The summed E-state index contributed by atoms with van der Waals surface area (Å²) in [5, 5.41) is 8.42. The molecule has 2 N–H and O–H groups in total. The van der Waals surface area contributed by atoms with Crippen LogP contribution < -0.4 is 10.6 Å². The maximum absolute atomic E-state index is 3.87. The highest BCUT2D eigenvalue weighted by Gasteiger charge is 2.35. The van der Waals surface area contributed by atoms with Crippen LogP contribution in [0.2, 0.25) is 0 Å². The van der Waals surface area contributed by atoms with Gasteiger partial charge in [-0.15, -0.1) is 0 Å². The predicted octanol–water partition coefficient (Wildman–Crippen LogP) is 5.35.